The number of nitrogens with zero attached hydrogens (tertiary/aromatic N) is 1. The number of hydrogen-bond donors (Lipinski definition) is 1. The Morgan fingerprint density at radius 2 is 1.14 bits per heavy atom. The normalized spacial score (nSPS) is 14.3. The Kier molecular flexibility index (Phi) is 40.4. The van der Waals surface area contributed by atoms with E-state index in [0.29, 0.717) is 38.5 Å². The van der Waals surface area contributed by atoms with Gasteiger partial charge in [0.25, 0.3) is 0 Å². The van der Waals surface area contributed by atoms with Crippen molar-refractivity contribution in [1.29, 1.82) is 0 Å². The fraction of sp³-hybridized carbons (Fsp3) is 0.849. The summed E-state index contributed by atoms with van der Waals surface area (Å²) in [4.78, 5) is 41.5. The van der Waals surface area contributed by atoms with Gasteiger partial charge in [0.2, 0.25) is 0 Å². The highest BCUT2D eigenvalue weighted by atomic mass is 16.7. The van der Waals surface area contributed by atoms with Crippen molar-refractivity contribution in [3.63, 3.8) is 0 Å². The van der Waals surface area contributed by atoms with Gasteiger partial charge in [0.1, 0.15) is 6.10 Å². The smallest absolute Gasteiger partial charge is 0.407 e. The highest BCUT2D eigenvalue weighted by molar-refractivity contribution is 5.70. The summed E-state index contributed by atoms with van der Waals surface area (Å²) in [5, 5.41) is 2.91. The number of carbonyl (C=O) groups excluding carboxylic acids is 3. The zero-order valence-electron chi connectivity index (χ0n) is 41.4. The Labute approximate surface area is 387 Å². The van der Waals surface area contributed by atoms with Gasteiger partial charge in [-0.15, -0.1) is 0 Å². The van der Waals surface area contributed by atoms with Gasteiger partial charge in [0.15, 0.2) is 6.29 Å². The number of amides is 1. The molecule has 1 heterocycles. The Hall–Kier alpha value is -2.43. The van der Waals surface area contributed by atoms with Crippen molar-refractivity contribution in [1.82, 2.24) is 10.2 Å². The first-order valence-corrected chi connectivity index (χ1v) is 26.1. The molecule has 0 aromatic rings. The van der Waals surface area contributed by atoms with Crippen LogP contribution >= 0.6 is 0 Å². The lowest BCUT2D eigenvalue weighted by molar-refractivity contribution is -0.161. The van der Waals surface area contributed by atoms with E-state index < -0.39 is 12.4 Å². The topological polar surface area (TPSA) is 113 Å². The number of alkyl carbamates (subject to hydrolysis) is 1. The van der Waals surface area contributed by atoms with Crippen LogP contribution in [0.15, 0.2) is 24.3 Å². The number of likely N-dealkylation sites (tertiary alicyclic amines) is 1. The number of unbranched alkanes of at least 4 members (excludes halogenated alkanes) is 10. The highest BCUT2D eigenvalue weighted by Gasteiger charge is 2.21. The molecule has 1 rings (SSSR count). The summed E-state index contributed by atoms with van der Waals surface area (Å²) in [5.41, 5.74) is 0. The molecule has 3 atom stereocenters. The minimum absolute atomic E-state index is 0.0945. The molecule has 63 heavy (non-hydrogen) atoms. The average Bonchev–Trinajstić information content (AvgIpc) is 3.80. The summed E-state index contributed by atoms with van der Waals surface area (Å²) >= 11 is 0. The Balaban J connectivity index is 2.82. The van der Waals surface area contributed by atoms with Gasteiger partial charge in [-0.3, -0.25) is 9.59 Å². The maximum Gasteiger partial charge on any atom is 0.407 e. The van der Waals surface area contributed by atoms with Crippen LogP contribution in [0.2, 0.25) is 0 Å². The molecule has 1 N–H and O–H groups in total. The molecule has 1 aliphatic rings. The summed E-state index contributed by atoms with van der Waals surface area (Å²) in [7, 11) is 0. The van der Waals surface area contributed by atoms with Crippen LogP contribution in [-0.4, -0.2) is 87.9 Å². The second-order valence-corrected chi connectivity index (χ2v) is 17.9. The number of carbonyl (C=O) groups is 3. The van der Waals surface area contributed by atoms with E-state index in [9.17, 15) is 14.4 Å². The van der Waals surface area contributed by atoms with E-state index >= 15 is 0 Å². The average molecular weight is 890 g/mol. The third kappa shape index (κ3) is 36.5. The van der Waals surface area contributed by atoms with E-state index in [-0.39, 0.29) is 50.0 Å². The minimum Gasteiger partial charge on any atom is -0.465 e. The standard InChI is InChI=1S/C53H97N2O8/c1-6-11-16-18-20-27-43-59-52(60-44-28-21-19-17-12-7-2)38-37-51(57)62-46-48(33-29-32-47(30-22-13-8-3)31-23-14-9-4)45-61-50(56)36-35-49(34-24-15-10-5)63-53(58)54-39-42-55-40-25-26-41-55/h8,11-12,16-17,47-49,52H,6-7,9-10,13-15,18-46H2,1-5H3,(H,54,58)/b16-11-,17-12-. The van der Waals surface area contributed by atoms with Gasteiger partial charge in [-0.05, 0) is 115 Å². The molecule has 1 radical (unpaired) electrons. The Morgan fingerprint density at radius 3 is 1.73 bits per heavy atom. The molecular weight excluding hydrogens is 793 g/mol. The first kappa shape index (κ1) is 58.6. The molecule has 10 nitrogen and oxygen atoms in total. The number of esters is 2. The number of allylic oxidation sites excluding steroid dienone is 4. The predicted molar refractivity (Wildman–Crippen MR) is 260 cm³/mol. The van der Waals surface area contributed by atoms with Crippen molar-refractivity contribution < 1.29 is 38.1 Å². The largest absolute Gasteiger partial charge is 0.465 e. The van der Waals surface area contributed by atoms with E-state index in [1.54, 1.807) is 0 Å². The lowest BCUT2D eigenvalue weighted by atomic mass is 9.89. The zero-order valence-corrected chi connectivity index (χ0v) is 41.4. The maximum atomic E-state index is 13.2. The SMILES string of the molecule is C[CH]CCCC(CCCCC)CCCC(COC(=O)CCC(CCCCC)OC(=O)NCCN1CCCC1)COC(=O)CCC(OCCCC/C=C\CC)OCCCC/C=C\CC. The molecule has 3 unspecified atom stereocenters. The molecule has 0 spiro atoms. The molecule has 367 valence electrons. The van der Waals surface area contributed by atoms with Crippen LogP contribution in [0.4, 0.5) is 4.79 Å². The summed E-state index contributed by atoms with van der Waals surface area (Å²) in [6.07, 6.45) is 37.1. The Bertz CT molecular complexity index is 1090. The van der Waals surface area contributed by atoms with Gasteiger partial charge in [-0.2, -0.15) is 0 Å². The third-order valence-corrected chi connectivity index (χ3v) is 12.0. The fourth-order valence-corrected chi connectivity index (χ4v) is 8.06. The molecular formula is C53H97N2O8. The number of nitrogens with one attached hydrogen (secondary N) is 1. The highest BCUT2D eigenvalue weighted by Crippen LogP contribution is 2.25. The van der Waals surface area contributed by atoms with Gasteiger partial charge >= 0.3 is 18.0 Å². The summed E-state index contributed by atoms with van der Waals surface area (Å²) in [6.45, 7) is 16.0. The van der Waals surface area contributed by atoms with Crippen LogP contribution in [-0.2, 0) is 33.3 Å². The van der Waals surface area contributed by atoms with Crippen molar-refractivity contribution in [3.05, 3.63) is 30.7 Å². The first-order chi connectivity index (χ1) is 30.8. The predicted octanol–water partition coefficient (Wildman–Crippen LogP) is 13.4. The molecule has 1 fully saturated rings. The fourth-order valence-electron chi connectivity index (χ4n) is 8.06. The Morgan fingerprint density at radius 1 is 0.587 bits per heavy atom. The monoisotopic (exact) mass is 890 g/mol. The van der Waals surface area contributed by atoms with Crippen molar-refractivity contribution >= 4 is 18.0 Å². The van der Waals surface area contributed by atoms with Gasteiger partial charge in [0, 0.05) is 45.1 Å². The second kappa shape index (κ2) is 43.5. The molecule has 1 saturated heterocycles. The lowest BCUT2D eigenvalue weighted by Gasteiger charge is -2.21. The number of rotatable bonds is 44. The molecule has 0 aliphatic carbocycles. The summed E-state index contributed by atoms with van der Waals surface area (Å²) in [5.74, 6) is -0.000172. The number of ether oxygens (including phenoxy) is 5. The molecule has 1 aliphatic heterocycles. The van der Waals surface area contributed by atoms with E-state index in [2.05, 4.69) is 75.6 Å². The van der Waals surface area contributed by atoms with Crippen molar-refractivity contribution in [2.75, 3.05) is 52.6 Å². The second-order valence-electron chi connectivity index (χ2n) is 17.9. The first-order valence-electron chi connectivity index (χ1n) is 26.1. The molecule has 0 aromatic carbocycles. The van der Waals surface area contributed by atoms with Crippen LogP contribution in [0.25, 0.3) is 0 Å². The molecule has 0 saturated carbocycles. The lowest BCUT2D eigenvalue weighted by Crippen LogP contribution is -2.35. The van der Waals surface area contributed by atoms with Crippen molar-refractivity contribution in [2.45, 2.75) is 227 Å². The van der Waals surface area contributed by atoms with E-state index in [1.807, 2.05) is 0 Å². The molecule has 0 aromatic heterocycles. The van der Waals surface area contributed by atoms with Crippen LogP contribution in [0.5, 0.6) is 0 Å². The van der Waals surface area contributed by atoms with Gasteiger partial charge < -0.3 is 33.9 Å². The molecule has 10 heteroatoms. The number of hydrogen-bond acceptors (Lipinski definition) is 9. The van der Waals surface area contributed by atoms with Crippen molar-refractivity contribution in [3.8, 4) is 0 Å². The van der Waals surface area contributed by atoms with E-state index in [0.717, 1.165) is 122 Å². The van der Waals surface area contributed by atoms with Crippen LogP contribution in [0, 0.1) is 18.3 Å². The van der Waals surface area contributed by atoms with E-state index in [1.165, 1.54) is 51.4 Å². The minimum atomic E-state index is -0.447. The van der Waals surface area contributed by atoms with Gasteiger partial charge in [-0.25, -0.2) is 4.79 Å². The quantitative estimate of drug-likeness (QED) is 0.0210. The third-order valence-electron chi connectivity index (χ3n) is 12.0. The van der Waals surface area contributed by atoms with Crippen LogP contribution < -0.4 is 5.32 Å². The van der Waals surface area contributed by atoms with Crippen LogP contribution in [0.3, 0.4) is 0 Å². The molecule has 1 amide bonds. The van der Waals surface area contributed by atoms with Gasteiger partial charge in [0.05, 0.1) is 19.6 Å². The summed E-state index contributed by atoms with van der Waals surface area (Å²) in [6, 6.07) is 0. The van der Waals surface area contributed by atoms with Crippen LogP contribution in [0.1, 0.15) is 214 Å². The molecule has 0 bridgehead atoms. The van der Waals surface area contributed by atoms with E-state index in [4.69, 9.17) is 23.7 Å². The summed E-state index contributed by atoms with van der Waals surface area (Å²) < 4.78 is 29.9. The maximum absolute atomic E-state index is 13.2. The van der Waals surface area contributed by atoms with Gasteiger partial charge in [-0.1, -0.05) is 130 Å². The van der Waals surface area contributed by atoms with Crippen molar-refractivity contribution in [2.24, 2.45) is 11.8 Å². The zero-order chi connectivity index (χ0) is 45.9.